The lowest BCUT2D eigenvalue weighted by molar-refractivity contribution is 0.191. The number of anilines is 1. The van der Waals surface area contributed by atoms with Crippen LogP contribution in [0, 0.1) is 0 Å². The third-order valence-corrected chi connectivity index (χ3v) is 6.52. The van der Waals surface area contributed by atoms with E-state index in [0.717, 1.165) is 53.9 Å². The van der Waals surface area contributed by atoms with E-state index in [9.17, 15) is 4.79 Å². The first-order valence-corrected chi connectivity index (χ1v) is 12.9. The SMILES string of the molecule is CCCCCOc1cc(N2CCCN(Cc3ccc(Cc4ccncn4)cc3OC)C2=O)ccc1OC. The molecular weight excluding hydrogens is 468 g/mol. The second kappa shape index (κ2) is 12.9. The van der Waals surface area contributed by atoms with E-state index in [2.05, 4.69) is 23.0 Å². The molecule has 196 valence electrons. The number of rotatable bonds is 12. The zero-order chi connectivity index (χ0) is 26.0. The van der Waals surface area contributed by atoms with Crippen molar-refractivity contribution in [1.29, 1.82) is 0 Å². The van der Waals surface area contributed by atoms with Crippen molar-refractivity contribution >= 4 is 11.7 Å². The number of amides is 2. The number of nitrogens with zero attached hydrogens (tertiary/aromatic N) is 4. The number of unbranched alkanes of at least 4 members (excludes halogenated alkanes) is 2. The largest absolute Gasteiger partial charge is 0.496 e. The van der Waals surface area contributed by atoms with Crippen LogP contribution in [0.2, 0.25) is 0 Å². The van der Waals surface area contributed by atoms with Gasteiger partial charge in [0, 0.05) is 48.7 Å². The van der Waals surface area contributed by atoms with E-state index in [1.807, 2.05) is 46.2 Å². The molecule has 1 fully saturated rings. The number of methoxy groups -OCH3 is 2. The Morgan fingerprint density at radius 3 is 2.57 bits per heavy atom. The Kier molecular flexibility index (Phi) is 9.18. The van der Waals surface area contributed by atoms with Crippen molar-refractivity contribution in [3.8, 4) is 17.2 Å². The van der Waals surface area contributed by atoms with Crippen LogP contribution < -0.4 is 19.1 Å². The Morgan fingerprint density at radius 2 is 1.81 bits per heavy atom. The molecule has 2 aromatic carbocycles. The first-order valence-electron chi connectivity index (χ1n) is 12.9. The van der Waals surface area contributed by atoms with Crippen LogP contribution in [0.1, 0.15) is 49.4 Å². The Morgan fingerprint density at radius 1 is 0.946 bits per heavy atom. The smallest absolute Gasteiger partial charge is 0.324 e. The van der Waals surface area contributed by atoms with Crippen LogP contribution in [-0.4, -0.2) is 54.8 Å². The molecule has 0 N–H and O–H groups in total. The summed E-state index contributed by atoms with van der Waals surface area (Å²) in [7, 11) is 3.30. The van der Waals surface area contributed by atoms with Crippen LogP contribution in [-0.2, 0) is 13.0 Å². The molecule has 0 saturated carbocycles. The molecule has 0 radical (unpaired) electrons. The highest BCUT2D eigenvalue weighted by molar-refractivity contribution is 5.93. The van der Waals surface area contributed by atoms with Crippen LogP contribution in [0.25, 0.3) is 0 Å². The van der Waals surface area contributed by atoms with Crippen molar-refractivity contribution < 1.29 is 19.0 Å². The molecule has 3 aromatic rings. The maximum Gasteiger partial charge on any atom is 0.324 e. The Labute approximate surface area is 219 Å². The molecule has 1 aliphatic heterocycles. The molecule has 37 heavy (non-hydrogen) atoms. The summed E-state index contributed by atoms with van der Waals surface area (Å²) in [6, 6.07) is 13.7. The molecule has 0 atom stereocenters. The molecular formula is C29H36N4O4. The Balaban J connectivity index is 1.47. The molecule has 1 aromatic heterocycles. The van der Waals surface area contributed by atoms with E-state index in [1.54, 1.807) is 26.7 Å². The number of carbonyl (C=O) groups excluding carboxylic acids is 1. The van der Waals surface area contributed by atoms with Crippen molar-refractivity contribution in [2.45, 2.75) is 45.6 Å². The van der Waals surface area contributed by atoms with E-state index in [0.29, 0.717) is 44.2 Å². The standard InChI is InChI=1S/C29H36N4O4/c1-4-5-6-16-37-28-19-25(10-11-26(28)35-2)33-15-7-14-32(29(33)34)20-23-9-8-22(18-27(23)36-3)17-24-12-13-30-21-31-24/h8-13,18-19,21H,4-7,14-17,20H2,1-3H3. The zero-order valence-electron chi connectivity index (χ0n) is 22.0. The summed E-state index contributed by atoms with van der Waals surface area (Å²) in [6.07, 6.45) is 8.10. The van der Waals surface area contributed by atoms with Gasteiger partial charge in [0.15, 0.2) is 11.5 Å². The number of urea groups is 1. The molecule has 0 spiro atoms. The van der Waals surface area contributed by atoms with Crippen LogP contribution >= 0.6 is 0 Å². The summed E-state index contributed by atoms with van der Waals surface area (Å²) in [6.45, 7) is 4.62. The van der Waals surface area contributed by atoms with Gasteiger partial charge in [-0.15, -0.1) is 0 Å². The van der Waals surface area contributed by atoms with Gasteiger partial charge in [-0.3, -0.25) is 4.90 Å². The van der Waals surface area contributed by atoms with Gasteiger partial charge in [-0.1, -0.05) is 31.9 Å². The number of benzene rings is 2. The van der Waals surface area contributed by atoms with E-state index in [1.165, 1.54) is 0 Å². The van der Waals surface area contributed by atoms with E-state index >= 15 is 0 Å². The van der Waals surface area contributed by atoms with Crippen LogP contribution in [0.15, 0.2) is 55.0 Å². The average Bonchev–Trinajstić information content (AvgIpc) is 2.93. The second-order valence-corrected chi connectivity index (χ2v) is 9.12. The molecule has 0 unspecified atom stereocenters. The normalized spacial score (nSPS) is 13.5. The molecule has 8 nitrogen and oxygen atoms in total. The Bertz CT molecular complexity index is 1170. The van der Waals surface area contributed by atoms with Crippen LogP contribution in [0.3, 0.4) is 0 Å². The second-order valence-electron chi connectivity index (χ2n) is 9.12. The lowest BCUT2D eigenvalue weighted by atomic mass is 10.1. The topological polar surface area (TPSA) is 77.0 Å². The summed E-state index contributed by atoms with van der Waals surface area (Å²) in [5.74, 6) is 2.11. The third-order valence-electron chi connectivity index (χ3n) is 6.52. The quantitative estimate of drug-likeness (QED) is 0.304. The molecule has 2 heterocycles. The van der Waals surface area contributed by atoms with Crippen molar-refractivity contribution in [3.63, 3.8) is 0 Å². The molecule has 1 saturated heterocycles. The molecule has 8 heteroatoms. The third kappa shape index (κ3) is 6.70. The summed E-state index contributed by atoms with van der Waals surface area (Å²) >= 11 is 0. The number of ether oxygens (including phenoxy) is 3. The van der Waals surface area contributed by atoms with Gasteiger partial charge in [0.05, 0.1) is 27.4 Å². The predicted octanol–water partition coefficient (Wildman–Crippen LogP) is 5.49. The molecule has 4 rings (SSSR count). The van der Waals surface area contributed by atoms with Gasteiger partial charge in [-0.2, -0.15) is 0 Å². The highest BCUT2D eigenvalue weighted by Crippen LogP contribution is 2.34. The van der Waals surface area contributed by atoms with Gasteiger partial charge in [-0.05, 0) is 42.7 Å². The van der Waals surface area contributed by atoms with Gasteiger partial charge in [0.2, 0.25) is 0 Å². The predicted molar refractivity (Wildman–Crippen MR) is 144 cm³/mol. The maximum absolute atomic E-state index is 13.5. The molecule has 1 aliphatic rings. The van der Waals surface area contributed by atoms with Gasteiger partial charge >= 0.3 is 6.03 Å². The van der Waals surface area contributed by atoms with E-state index in [4.69, 9.17) is 14.2 Å². The first kappa shape index (κ1) is 26.3. The lowest BCUT2D eigenvalue weighted by Gasteiger charge is -2.36. The number of carbonyl (C=O) groups is 1. The first-order chi connectivity index (χ1) is 18.1. The van der Waals surface area contributed by atoms with E-state index < -0.39 is 0 Å². The highest BCUT2D eigenvalue weighted by Gasteiger charge is 2.28. The van der Waals surface area contributed by atoms with Crippen LogP contribution in [0.4, 0.5) is 10.5 Å². The molecule has 0 aliphatic carbocycles. The monoisotopic (exact) mass is 504 g/mol. The summed E-state index contributed by atoms with van der Waals surface area (Å²) in [5, 5.41) is 0. The van der Waals surface area contributed by atoms with Crippen molar-refractivity contribution in [2.24, 2.45) is 0 Å². The highest BCUT2D eigenvalue weighted by atomic mass is 16.5. The lowest BCUT2D eigenvalue weighted by Crippen LogP contribution is -2.49. The van der Waals surface area contributed by atoms with Crippen LogP contribution in [0.5, 0.6) is 17.2 Å². The van der Waals surface area contributed by atoms with Gasteiger partial charge < -0.3 is 19.1 Å². The van der Waals surface area contributed by atoms with Crippen molar-refractivity contribution in [2.75, 3.05) is 38.8 Å². The fourth-order valence-electron chi connectivity index (χ4n) is 4.52. The van der Waals surface area contributed by atoms with Crippen molar-refractivity contribution in [1.82, 2.24) is 14.9 Å². The van der Waals surface area contributed by atoms with E-state index in [-0.39, 0.29) is 6.03 Å². The minimum absolute atomic E-state index is 0.0273. The molecule has 2 amide bonds. The maximum atomic E-state index is 13.5. The molecule has 0 bridgehead atoms. The average molecular weight is 505 g/mol. The van der Waals surface area contributed by atoms with Crippen molar-refractivity contribution in [3.05, 3.63) is 71.8 Å². The minimum Gasteiger partial charge on any atom is -0.496 e. The summed E-state index contributed by atoms with van der Waals surface area (Å²) < 4.78 is 17.2. The Hall–Kier alpha value is -3.81. The summed E-state index contributed by atoms with van der Waals surface area (Å²) in [5.41, 5.74) is 3.82. The number of aromatic nitrogens is 2. The van der Waals surface area contributed by atoms with Gasteiger partial charge in [0.25, 0.3) is 0 Å². The zero-order valence-corrected chi connectivity index (χ0v) is 22.0. The van der Waals surface area contributed by atoms with Gasteiger partial charge in [0.1, 0.15) is 12.1 Å². The minimum atomic E-state index is -0.0273. The fraction of sp³-hybridized carbons (Fsp3) is 0.414. The van der Waals surface area contributed by atoms with Gasteiger partial charge in [-0.25, -0.2) is 14.8 Å². The number of hydrogen-bond acceptors (Lipinski definition) is 6. The number of hydrogen-bond donors (Lipinski definition) is 0. The fourth-order valence-corrected chi connectivity index (χ4v) is 4.52. The summed E-state index contributed by atoms with van der Waals surface area (Å²) in [4.78, 5) is 25.5.